The predicted molar refractivity (Wildman–Crippen MR) is 97.1 cm³/mol. The average Bonchev–Trinajstić information content (AvgIpc) is 3.07. The molecule has 0 aliphatic heterocycles. The van der Waals surface area contributed by atoms with E-state index < -0.39 is 5.91 Å². The van der Waals surface area contributed by atoms with Crippen LogP contribution in [-0.4, -0.2) is 20.7 Å². The van der Waals surface area contributed by atoms with E-state index in [-0.39, 0.29) is 5.69 Å². The molecule has 2 aromatic carbocycles. The second kappa shape index (κ2) is 6.73. The highest BCUT2D eigenvalue weighted by Gasteiger charge is 2.18. The molecule has 4 rings (SSSR count). The number of para-hydroxylation sites is 1. The van der Waals surface area contributed by atoms with Gasteiger partial charge in [0.05, 0.1) is 34.1 Å². The van der Waals surface area contributed by atoms with Crippen molar-refractivity contribution in [2.24, 2.45) is 11.6 Å². The fraction of sp³-hybridized carbons (Fsp3) is 0. The molecule has 0 spiro atoms. The van der Waals surface area contributed by atoms with Crippen LogP contribution in [-0.2, 0) is 9.32 Å². The van der Waals surface area contributed by atoms with Gasteiger partial charge in [0, 0.05) is 16.5 Å². The number of aromatic nitrogens is 3. The number of hydrogen-bond donors (Lipinski definition) is 2. The molecule has 0 fully saturated rings. The zero-order chi connectivity index (χ0) is 18.1. The lowest BCUT2D eigenvalue weighted by Crippen LogP contribution is -2.12. The molecule has 26 heavy (non-hydrogen) atoms. The Morgan fingerprint density at radius 3 is 2.58 bits per heavy atom. The van der Waals surface area contributed by atoms with E-state index in [1.807, 2.05) is 48.5 Å². The molecule has 9 heteroatoms. The molecule has 0 radical (unpaired) electrons. The Labute approximate surface area is 151 Å². The topological polar surface area (TPSA) is 118 Å². The third-order valence-corrected chi connectivity index (χ3v) is 4.51. The Hall–Kier alpha value is -2.98. The van der Waals surface area contributed by atoms with Crippen LogP contribution < -0.4 is 11.6 Å². The molecule has 0 aliphatic carbocycles. The van der Waals surface area contributed by atoms with Gasteiger partial charge in [-0.2, -0.15) is 11.0 Å². The molecule has 0 unspecified atom stereocenters. The summed E-state index contributed by atoms with van der Waals surface area (Å²) in [6.07, 6.45) is 1.62. The number of carbonyl (C=O) groups is 1. The van der Waals surface area contributed by atoms with E-state index in [4.69, 9.17) is 11.6 Å². The lowest BCUT2D eigenvalue weighted by atomic mass is 10.1. The smallest absolute Gasteiger partial charge is 0.269 e. The van der Waals surface area contributed by atoms with Gasteiger partial charge in [0.25, 0.3) is 5.91 Å². The molecular weight excluding hydrogens is 354 g/mol. The van der Waals surface area contributed by atoms with E-state index in [2.05, 4.69) is 19.4 Å². The van der Waals surface area contributed by atoms with E-state index in [1.54, 1.807) is 10.9 Å². The monoisotopic (exact) mass is 367 g/mol. The lowest BCUT2D eigenvalue weighted by Gasteiger charge is -2.06. The van der Waals surface area contributed by atoms with Crippen LogP contribution in [0.2, 0.25) is 0 Å². The molecule has 8 nitrogen and oxygen atoms in total. The SMILES string of the molecule is NOOSc1ccc(-n2nc(C(N)=O)c3cnc4ccccc4c32)cc1. The number of nitrogens with two attached hydrogens (primary N) is 2. The number of fused-ring (bicyclic) bond motifs is 3. The second-order valence-electron chi connectivity index (χ2n) is 5.40. The number of hydrogen-bond acceptors (Lipinski definition) is 7. The highest BCUT2D eigenvalue weighted by molar-refractivity contribution is 7.94. The minimum absolute atomic E-state index is 0.177. The van der Waals surface area contributed by atoms with Gasteiger partial charge >= 0.3 is 0 Å². The fourth-order valence-electron chi connectivity index (χ4n) is 2.80. The van der Waals surface area contributed by atoms with Gasteiger partial charge < -0.3 is 5.73 Å². The molecule has 2 heterocycles. The van der Waals surface area contributed by atoms with Crippen LogP contribution in [0.3, 0.4) is 0 Å². The van der Waals surface area contributed by atoms with E-state index in [1.165, 1.54) is 0 Å². The summed E-state index contributed by atoms with van der Waals surface area (Å²) in [5.41, 5.74) is 8.02. The van der Waals surface area contributed by atoms with Crippen LogP contribution in [0.4, 0.5) is 0 Å². The highest BCUT2D eigenvalue weighted by Crippen LogP contribution is 2.29. The third-order valence-electron chi connectivity index (χ3n) is 3.90. The minimum Gasteiger partial charge on any atom is -0.364 e. The maximum atomic E-state index is 11.8. The summed E-state index contributed by atoms with van der Waals surface area (Å²) < 4.78 is 6.32. The Morgan fingerprint density at radius 1 is 1.08 bits per heavy atom. The average molecular weight is 367 g/mol. The Kier molecular flexibility index (Phi) is 4.27. The van der Waals surface area contributed by atoms with Crippen molar-refractivity contribution in [1.82, 2.24) is 14.8 Å². The molecule has 4 N–H and O–H groups in total. The summed E-state index contributed by atoms with van der Waals surface area (Å²) in [6.45, 7) is 0. The van der Waals surface area contributed by atoms with E-state index in [0.29, 0.717) is 5.39 Å². The van der Waals surface area contributed by atoms with Crippen molar-refractivity contribution in [3.8, 4) is 5.69 Å². The molecule has 0 saturated heterocycles. The maximum Gasteiger partial charge on any atom is 0.269 e. The fourth-order valence-corrected chi connectivity index (χ4v) is 3.17. The van der Waals surface area contributed by atoms with Gasteiger partial charge in [-0.15, -0.1) is 9.32 Å². The summed E-state index contributed by atoms with van der Waals surface area (Å²) >= 11 is 0.980. The first-order valence-electron chi connectivity index (χ1n) is 7.56. The number of rotatable bonds is 5. The minimum atomic E-state index is -0.605. The number of amides is 1. The van der Waals surface area contributed by atoms with Crippen LogP contribution in [0, 0.1) is 0 Å². The number of pyridine rings is 1. The molecule has 0 aliphatic rings. The zero-order valence-corrected chi connectivity index (χ0v) is 14.1. The van der Waals surface area contributed by atoms with E-state index in [9.17, 15) is 4.79 Å². The normalized spacial score (nSPS) is 11.3. The Bertz CT molecular complexity index is 1110. The molecule has 1 amide bonds. The number of benzene rings is 2. The first-order chi connectivity index (χ1) is 12.7. The molecule has 0 bridgehead atoms. The van der Waals surface area contributed by atoms with Crippen LogP contribution in [0.15, 0.2) is 59.6 Å². The van der Waals surface area contributed by atoms with Crippen molar-refractivity contribution in [1.29, 1.82) is 0 Å². The van der Waals surface area contributed by atoms with Crippen LogP contribution in [0.1, 0.15) is 10.5 Å². The Balaban J connectivity index is 1.94. The molecule has 0 atom stereocenters. The summed E-state index contributed by atoms with van der Waals surface area (Å²) in [5.74, 6) is 4.23. The van der Waals surface area contributed by atoms with Gasteiger partial charge in [-0.1, -0.05) is 18.2 Å². The van der Waals surface area contributed by atoms with Crippen LogP contribution >= 0.6 is 12.0 Å². The van der Waals surface area contributed by atoms with Gasteiger partial charge in [0.1, 0.15) is 0 Å². The highest BCUT2D eigenvalue weighted by atomic mass is 32.2. The van der Waals surface area contributed by atoms with Gasteiger partial charge in [0.15, 0.2) is 5.69 Å². The quantitative estimate of drug-likeness (QED) is 0.316. The van der Waals surface area contributed by atoms with Gasteiger partial charge in [-0.3, -0.25) is 9.78 Å². The second-order valence-corrected chi connectivity index (χ2v) is 6.18. The summed E-state index contributed by atoms with van der Waals surface area (Å²) in [4.78, 5) is 21.1. The number of carbonyl (C=O) groups excluding carboxylic acids is 1. The third kappa shape index (κ3) is 2.78. The summed E-state index contributed by atoms with van der Waals surface area (Å²) in [6, 6.07) is 15.0. The van der Waals surface area contributed by atoms with Crippen molar-refractivity contribution in [2.75, 3.05) is 0 Å². The standard InChI is InChI=1S/C17H13N5O3S/c18-17(23)15-13-9-20-14-4-2-1-3-12(14)16(13)22(21-15)10-5-7-11(8-6-10)26-25-24-19/h1-9H,19H2,(H2,18,23). The van der Waals surface area contributed by atoms with E-state index >= 15 is 0 Å². The number of nitrogens with zero attached hydrogens (tertiary/aromatic N) is 3. The maximum absolute atomic E-state index is 11.8. The van der Waals surface area contributed by atoms with Gasteiger partial charge in [0.2, 0.25) is 0 Å². The molecular formula is C17H13N5O3S. The van der Waals surface area contributed by atoms with Crippen molar-refractivity contribution in [3.05, 3.63) is 60.4 Å². The Morgan fingerprint density at radius 2 is 1.85 bits per heavy atom. The molecule has 130 valence electrons. The lowest BCUT2D eigenvalue weighted by molar-refractivity contribution is -0.195. The van der Waals surface area contributed by atoms with Crippen molar-refractivity contribution < 1.29 is 14.1 Å². The van der Waals surface area contributed by atoms with Gasteiger partial charge in [-0.05, 0) is 30.3 Å². The molecule has 2 aromatic heterocycles. The number of primary amides is 1. The molecule has 4 aromatic rings. The van der Waals surface area contributed by atoms with Crippen molar-refractivity contribution >= 4 is 39.8 Å². The van der Waals surface area contributed by atoms with E-state index in [0.717, 1.165) is 39.0 Å². The summed E-state index contributed by atoms with van der Waals surface area (Å²) in [5, 5.41) is 5.90. The first-order valence-corrected chi connectivity index (χ1v) is 8.30. The van der Waals surface area contributed by atoms with Crippen molar-refractivity contribution in [3.63, 3.8) is 0 Å². The van der Waals surface area contributed by atoms with Crippen LogP contribution in [0.5, 0.6) is 0 Å². The van der Waals surface area contributed by atoms with Gasteiger partial charge in [-0.25, -0.2) is 4.68 Å². The van der Waals surface area contributed by atoms with Crippen LogP contribution in [0.25, 0.3) is 27.5 Å². The predicted octanol–water partition coefficient (Wildman–Crippen LogP) is 2.50. The molecule has 0 saturated carbocycles. The zero-order valence-electron chi connectivity index (χ0n) is 13.3. The largest absolute Gasteiger partial charge is 0.364 e. The summed E-state index contributed by atoms with van der Waals surface area (Å²) in [7, 11) is 0. The van der Waals surface area contributed by atoms with Crippen molar-refractivity contribution in [2.45, 2.75) is 4.90 Å². The first kappa shape index (κ1) is 16.5.